The lowest BCUT2D eigenvalue weighted by Gasteiger charge is -2.06. The van der Waals surface area contributed by atoms with Gasteiger partial charge in [0, 0.05) is 22.2 Å². The SMILES string of the molecule is Cc1ccc(SCc2c[nH]c(=O)c3ccccc23)cc1. The molecular formula is C17H15NOS. The molecule has 0 unspecified atom stereocenters. The van der Waals surface area contributed by atoms with Gasteiger partial charge in [-0.15, -0.1) is 11.8 Å². The van der Waals surface area contributed by atoms with E-state index in [1.165, 1.54) is 10.5 Å². The number of aryl methyl sites for hydroxylation is 1. The van der Waals surface area contributed by atoms with E-state index in [0.717, 1.165) is 22.1 Å². The Labute approximate surface area is 121 Å². The lowest BCUT2D eigenvalue weighted by molar-refractivity contribution is 1.23. The Kier molecular flexibility index (Phi) is 3.61. The van der Waals surface area contributed by atoms with E-state index in [2.05, 4.69) is 36.2 Å². The van der Waals surface area contributed by atoms with Gasteiger partial charge >= 0.3 is 0 Å². The highest BCUT2D eigenvalue weighted by Gasteiger charge is 2.04. The number of H-pyrrole nitrogens is 1. The number of pyridine rings is 1. The average Bonchev–Trinajstić information content (AvgIpc) is 2.49. The third-order valence-corrected chi connectivity index (χ3v) is 4.37. The molecule has 0 amide bonds. The molecule has 1 aromatic heterocycles. The van der Waals surface area contributed by atoms with E-state index in [1.807, 2.05) is 30.5 Å². The van der Waals surface area contributed by atoms with Gasteiger partial charge < -0.3 is 4.98 Å². The van der Waals surface area contributed by atoms with Gasteiger partial charge in [0.05, 0.1) is 0 Å². The zero-order valence-electron chi connectivity index (χ0n) is 11.2. The zero-order valence-corrected chi connectivity index (χ0v) is 12.0. The predicted molar refractivity (Wildman–Crippen MR) is 85.3 cm³/mol. The Morgan fingerprint density at radius 2 is 1.70 bits per heavy atom. The van der Waals surface area contributed by atoms with Gasteiger partial charge in [-0.2, -0.15) is 0 Å². The van der Waals surface area contributed by atoms with Gasteiger partial charge in [-0.1, -0.05) is 35.9 Å². The minimum absolute atomic E-state index is 0.0234. The Bertz CT molecular complexity index is 790. The summed E-state index contributed by atoms with van der Waals surface area (Å²) in [5.41, 5.74) is 2.40. The number of hydrogen-bond acceptors (Lipinski definition) is 2. The summed E-state index contributed by atoms with van der Waals surface area (Å²) in [6, 6.07) is 16.3. The van der Waals surface area contributed by atoms with Gasteiger partial charge in [0.15, 0.2) is 0 Å². The van der Waals surface area contributed by atoms with Crippen LogP contribution in [0.25, 0.3) is 10.8 Å². The Morgan fingerprint density at radius 1 is 1.00 bits per heavy atom. The maximum absolute atomic E-state index is 11.8. The lowest BCUT2D eigenvalue weighted by Crippen LogP contribution is -2.06. The van der Waals surface area contributed by atoms with Crippen LogP contribution < -0.4 is 5.56 Å². The van der Waals surface area contributed by atoms with E-state index >= 15 is 0 Å². The molecule has 0 bridgehead atoms. The van der Waals surface area contributed by atoms with Crippen LogP contribution in [0, 0.1) is 6.92 Å². The van der Waals surface area contributed by atoms with Crippen LogP contribution in [0.2, 0.25) is 0 Å². The van der Waals surface area contributed by atoms with Crippen molar-refractivity contribution in [3.63, 3.8) is 0 Å². The van der Waals surface area contributed by atoms with E-state index in [4.69, 9.17) is 0 Å². The number of fused-ring (bicyclic) bond motifs is 1. The van der Waals surface area contributed by atoms with Crippen molar-refractivity contribution in [3.8, 4) is 0 Å². The maximum atomic E-state index is 11.8. The second kappa shape index (κ2) is 5.55. The number of aromatic nitrogens is 1. The molecule has 100 valence electrons. The first-order chi connectivity index (χ1) is 9.74. The molecular weight excluding hydrogens is 266 g/mol. The summed E-state index contributed by atoms with van der Waals surface area (Å²) in [6.07, 6.45) is 1.83. The molecule has 20 heavy (non-hydrogen) atoms. The van der Waals surface area contributed by atoms with Crippen LogP contribution in [0.4, 0.5) is 0 Å². The molecule has 1 N–H and O–H groups in total. The number of aromatic amines is 1. The van der Waals surface area contributed by atoms with Crippen LogP contribution in [0.3, 0.4) is 0 Å². The molecule has 1 heterocycles. The molecule has 0 atom stereocenters. The predicted octanol–water partition coefficient (Wildman–Crippen LogP) is 4.13. The van der Waals surface area contributed by atoms with Gasteiger partial charge in [-0.05, 0) is 36.1 Å². The van der Waals surface area contributed by atoms with Crippen molar-refractivity contribution in [3.05, 3.63) is 76.2 Å². The van der Waals surface area contributed by atoms with Gasteiger partial charge in [-0.3, -0.25) is 4.79 Å². The highest BCUT2D eigenvalue weighted by molar-refractivity contribution is 7.98. The van der Waals surface area contributed by atoms with Crippen molar-refractivity contribution in [1.82, 2.24) is 4.98 Å². The minimum Gasteiger partial charge on any atom is -0.328 e. The molecule has 3 rings (SSSR count). The fraction of sp³-hybridized carbons (Fsp3) is 0.118. The topological polar surface area (TPSA) is 32.9 Å². The average molecular weight is 281 g/mol. The molecule has 0 saturated carbocycles. The van der Waals surface area contributed by atoms with E-state index in [0.29, 0.717) is 0 Å². The van der Waals surface area contributed by atoms with E-state index in [-0.39, 0.29) is 5.56 Å². The fourth-order valence-corrected chi connectivity index (χ4v) is 3.07. The van der Waals surface area contributed by atoms with Gasteiger partial charge in [0.2, 0.25) is 0 Å². The normalized spacial score (nSPS) is 10.8. The number of rotatable bonds is 3. The summed E-state index contributed by atoms with van der Waals surface area (Å²) in [4.78, 5) is 15.8. The van der Waals surface area contributed by atoms with E-state index in [1.54, 1.807) is 11.8 Å². The Balaban J connectivity index is 1.90. The largest absolute Gasteiger partial charge is 0.328 e. The summed E-state index contributed by atoms with van der Waals surface area (Å²) in [5, 5.41) is 1.80. The van der Waals surface area contributed by atoms with Crippen molar-refractivity contribution in [2.24, 2.45) is 0 Å². The molecule has 3 heteroatoms. The van der Waals surface area contributed by atoms with Crippen molar-refractivity contribution in [1.29, 1.82) is 0 Å². The first-order valence-electron chi connectivity index (χ1n) is 6.53. The highest BCUT2D eigenvalue weighted by atomic mass is 32.2. The summed E-state index contributed by atoms with van der Waals surface area (Å²) in [5.74, 6) is 0.848. The molecule has 2 aromatic carbocycles. The molecule has 0 spiro atoms. The van der Waals surface area contributed by atoms with Gasteiger partial charge in [-0.25, -0.2) is 0 Å². The van der Waals surface area contributed by atoms with Gasteiger partial charge in [0.25, 0.3) is 5.56 Å². The number of nitrogens with one attached hydrogen (secondary N) is 1. The lowest BCUT2D eigenvalue weighted by atomic mass is 10.1. The first kappa shape index (κ1) is 13.0. The zero-order chi connectivity index (χ0) is 13.9. The summed E-state index contributed by atoms with van der Waals surface area (Å²) in [7, 11) is 0. The van der Waals surface area contributed by atoms with Crippen molar-refractivity contribution in [2.45, 2.75) is 17.6 Å². The molecule has 0 radical (unpaired) electrons. The second-order valence-corrected chi connectivity index (χ2v) is 5.84. The third-order valence-electron chi connectivity index (χ3n) is 3.31. The second-order valence-electron chi connectivity index (χ2n) is 4.79. The summed E-state index contributed by atoms with van der Waals surface area (Å²) >= 11 is 1.78. The number of thioether (sulfide) groups is 1. The number of hydrogen-bond donors (Lipinski definition) is 1. The maximum Gasteiger partial charge on any atom is 0.255 e. The molecule has 0 aliphatic carbocycles. The van der Waals surface area contributed by atoms with Crippen LogP contribution in [0.15, 0.2) is 64.4 Å². The van der Waals surface area contributed by atoms with Gasteiger partial charge in [0.1, 0.15) is 0 Å². The molecule has 0 saturated heterocycles. The Morgan fingerprint density at radius 3 is 2.45 bits per heavy atom. The molecule has 0 aliphatic heterocycles. The minimum atomic E-state index is -0.0234. The quantitative estimate of drug-likeness (QED) is 0.732. The molecule has 0 aliphatic rings. The van der Waals surface area contributed by atoms with Crippen molar-refractivity contribution >= 4 is 22.5 Å². The molecule has 0 fully saturated rings. The van der Waals surface area contributed by atoms with Crippen molar-refractivity contribution in [2.75, 3.05) is 0 Å². The van der Waals surface area contributed by atoms with Crippen LogP contribution in [-0.2, 0) is 5.75 Å². The third kappa shape index (κ3) is 2.63. The highest BCUT2D eigenvalue weighted by Crippen LogP contribution is 2.25. The molecule has 2 nitrogen and oxygen atoms in total. The summed E-state index contributed by atoms with van der Waals surface area (Å²) in [6.45, 7) is 2.09. The van der Waals surface area contributed by atoms with Crippen LogP contribution in [0.5, 0.6) is 0 Å². The van der Waals surface area contributed by atoms with E-state index in [9.17, 15) is 4.79 Å². The monoisotopic (exact) mass is 281 g/mol. The molecule has 3 aromatic rings. The van der Waals surface area contributed by atoms with Crippen LogP contribution >= 0.6 is 11.8 Å². The van der Waals surface area contributed by atoms with Crippen LogP contribution in [0.1, 0.15) is 11.1 Å². The van der Waals surface area contributed by atoms with Crippen molar-refractivity contribution < 1.29 is 0 Å². The van der Waals surface area contributed by atoms with Crippen LogP contribution in [-0.4, -0.2) is 4.98 Å². The standard InChI is InChI=1S/C17H15NOS/c1-12-6-8-14(9-7-12)20-11-13-10-18-17(19)16-5-3-2-4-15(13)16/h2-10H,11H2,1H3,(H,18,19). The first-order valence-corrected chi connectivity index (χ1v) is 7.51. The summed E-state index contributed by atoms with van der Waals surface area (Å²) < 4.78 is 0. The fourth-order valence-electron chi connectivity index (χ4n) is 2.18. The Hall–Kier alpha value is -2.00. The number of benzene rings is 2. The van der Waals surface area contributed by atoms with E-state index < -0.39 is 0 Å². The smallest absolute Gasteiger partial charge is 0.255 e.